The Bertz CT molecular complexity index is 1800. The van der Waals surface area contributed by atoms with E-state index in [1.807, 2.05) is 11.8 Å². The molecule has 0 spiro atoms. The normalized spacial score (nSPS) is 16.0. The molecule has 51 heavy (non-hydrogen) atoms. The summed E-state index contributed by atoms with van der Waals surface area (Å²) in [5.41, 5.74) is 3.08. The van der Waals surface area contributed by atoms with Crippen LogP contribution in [-0.2, 0) is 25.7 Å². The lowest BCUT2D eigenvalue weighted by Crippen LogP contribution is -2.57. The van der Waals surface area contributed by atoms with Crippen LogP contribution in [0.25, 0.3) is 12.2 Å². The molecule has 0 unspecified atom stereocenters. The highest BCUT2D eigenvalue weighted by Crippen LogP contribution is 2.33. The van der Waals surface area contributed by atoms with Gasteiger partial charge in [0.15, 0.2) is 0 Å². The zero-order valence-electron chi connectivity index (χ0n) is 29.1. The fourth-order valence-electron chi connectivity index (χ4n) is 5.29. The first-order valence-corrected chi connectivity index (χ1v) is 16.6. The summed E-state index contributed by atoms with van der Waals surface area (Å²) in [5, 5.41) is 14.6. The Morgan fingerprint density at radius 1 is 0.824 bits per heavy atom. The van der Waals surface area contributed by atoms with Gasteiger partial charge in [0.1, 0.15) is 17.3 Å². The lowest BCUT2D eigenvalue weighted by atomic mass is 10.1. The monoisotopic (exact) mass is 742 g/mol. The number of methoxy groups -OCH3 is 2. The van der Waals surface area contributed by atoms with E-state index >= 15 is 0 Å². The van der Waals surface area contributed by atoms with Crippen molar-refractivity contribution in [2.75, 3.05) is 37.9 Å². The maximum absolute atomic E-state index is 13.2. The average Bonchev–Trinajstić information content (AvgIpc) is 3.06. The van der Waals surface area contributed by atoms with Gasteiger partial charge in [-0.25, -0.2) is 9.18 Å². The van der Waals surface area contributed by atoms with Gasteiger partial charge in [-0.15, -0.1) is 0 Å². The number of rotatable bonds is 10. The Labute approximate surface area is 306 Å². The second-order valence-electron chi connectivity index (χ2n) is 11.8. The first-order valence-electron chi connectivity index (χ1n) is 15.8. The van der Waals surface area contributed by atoms with E-state index in [1.54, 1.807) is 36.4 Å². The number of carbonyl (C=O) groups is 4. The Balaban J connectivity index is 0.000000330. The van der Waals surface area contributed by atoms with Gasteiger partial charge in [-0.3, -0.25) is 19.3 Å². The van der Waals surface area contributed by atoms with E-state index in [-0.39, 0.29) is 35.6 Å². The van der Waals surface area contributed by atoms with Crippen molar-refractivity contribution < 1.29 is 38.1 Å². The van der Waals surface area contributed by atoms with E-state index in [0.717, 1.165) is 11.6 Å². The van der Waals surface area contributed by atoms with Gasteiger partial charge in [0.25, 0.3) is 0 Å². The van der Waals surface area contributed by atoms with Crippen LogP contribution in [0.2, 0.25) is 10.0 Å². The summed E-state index contributed by atoms with van der Waals surface area (Å²) in [6, 6.07) is 13.0. The van der Waals surface area contributed by atoms with Gasteiger partial charge in [-0.2, -0.15) is 0 Å². The van der Waals surface area contributed by atoms with Crippen LogP contribution < -0.4 is 20.1 Å². The third kappa shape index (κ3) is 12.1. The molecule has 14 heteroatoms. The molecule has 0 bridgehead atoms. The number of nitrogens with one attached hydrogen (secondary N) is 2. The van der Waals surface area contributed by atoms with Crippen LogP contribution in [0.3, 0.4) is 0 Å². The first-order chi connectivity index (χ1) is 24.1. The molecule has 2 atom stereocenters. The second-order valence-corrected chi connectivity index (χ2v) is 12.6. The van der Waals surface area contributed by atoms with Gasteiger partial charge < -0.3 is 30.1 Å². The number of hydrogen-bond donors (Lipinski definition) is 3. The van der Waals surface area contributed by atoms with Crippen LogP contribution in [0.15, 0.2) is 60.7 Å². The lowest BCUT2D eigenvalue weighted by molar-refractivity contribution is -0.132. The number of aliphatic carboxylic acids is 1. The Morgan fingerprint density at radius 3 is 1.76 bits per heavy atom. The van der Waals surface area contributed by atoms with E-state index < -0.39 is 5.97 Å². The smallest absolute Gasteiger partial charge is 0.328 e. The van der Waals surface area contributed by atoms with E-state index in [1.165, 1.54) is 58.4 Å². The molecule has 272 valence electrons. The molecule has 1 fully saturated rings. The molecule has 11 nitrogen and oxygen atoms in total. The van der Waals surface area contributed by atoms with Crippen molar-refractivity contribution in [1.29, 1.82) is 0 Å². The van der Waals surface area contributed by atoms with Gasteiger partial charge in [-0.1, -0.05) is 35.3 Å². The molecule has 0 aromatic heterocycles. The van der Waals surface area contributed by atoms with E-state index in [0.29, 0.717) is 63.7 Å². The molecule has 3 N–H and O–H groups in total. The van der Waals surface area contributed by atoms with Gasteiger partial charge in [0.05, 0.1) is 24.3 Å². The number of amides is 3. The second kappa shape index (κ2) is 18.9. The summed E-state index contributed by atoms with van der Waals surface area (Å²) < 4.78 is 23.5. The summed E-state index contributed by atoms with van der Waals surface area (Å²) in [6.45, 7) is 8.85. The molecule has 1 aliphatic heterocycles. The fourth-order valence-corrected chi connectivity index (χ4v) is 5.77. The van der Waals surface area contributed by atoms with Crippen LogP contribution in [-0.4, -0.2) is 78.0 Å². The number of carboxylic acids is 1. The SMILES string of the molecule is COc1cc(/C=C/C(=O)N2C[C@H](C)N(Cc3ccc(F)cc3)C[C@H]2C)c(NC(C)=O)cc1Cl.COc1cc(/C=C/C(=O)O)c(NC(C)=O)cc1Cl. The molecular formula is C37H41Cl2FN4O7. The number of nitrogens with zero attached hydrogens (tertiary/aromatic N) is 2. The molecule has 3 aromatic rings. The summed E-state index contributed by atoms with van der Waals surface area (Å²) in [4.78, 5) is 50.3. The van der Waals surface area contributed by atoms with Gasteiger partial charge >= 0.3 is 5.97 Å². The van der Waals surface area contributed by atoms with Crippen molar-refractivity contribution in [2.24, 2.45) is 0 Å². The third-order valence-electron chi connectivity index (χ3n) is 7.78. The highest BCUT2D eigenvalue weighted by Gasteiger charge is 2.31. The standard InChI is InChI=1S/C25H29ClFN3O3.C12H12ClNO4/c1-16-14-30(17(2)13-29(16)15-19-5-8-21(27)9-6-19)25(32)10-7-20-11-24(33-4)22(26)12-23(20)28-18(3)31;1-7(15)14-10-6-9(13)11(18-2)5-8(10)3-4-12(16)17/h5-12,16-17H,13-15H2,1-4H3,(H,28,31);3-6H,1-2H3,(H,14,15)(H,16,17)/b10-7+;4-3+/t16-,17+;/m0./s1. The number of ether oxygens (including phenoxy) is 2. The number of carbonyl (C=O) groups excluding carboxylic acids is 3. The Kier molecular flexibility index (Phi) is 15.0. The average molecular weight is 744 g/mol. The maximum Gasteiger partial charge on any atom is 0.328 e. The number of halogens is 3. The highest BCUT2D eigenvalue weighted by atomic mass is 35.5. The van der Waals surface area contributed by atoms with Crippen LogP contribution in [0.4, 0.5) is 15.8 Å². The Morgan fingerprint density at radius 2 is 1.31 bits per heavy atom. The third-order valence-corrected chi connectivity index (χ3v) is 8.37. The number of piperazine rings is 1. The topological polar surface area (TPSA) is 138 Å². The molecule has 1 aliphatic rings. The van der Waals surface area contributed by atoms with E-state index in [4.69, 9.17) is 37.8 Å². The molecule has 4 rings (SSSR count). The zero-order chi connectivity index (χ0) is 37.8. The molecule has 0 saturated carbocycles. The van der Waals surface area contributed by atoms with Crippen molar-refractivity contribution in [3.8, 4) is 11.5 Å². The van der Waals surface area contributed by atoms with Crippen LogP contribution in [0.1, 0.15) is 44.4 Å². The minimum Gasteiger partial charge on any atom is -0.495 e. The first kappa shape index (κ1) is 40.5. The highest BCUT2D eigenvalue weighted by molar-refractivity contribution is 6.33. The zero-order valence-corrected chi connectivity index (χ0v) is 30.6. The quantitative estimate of drug-likeness (QED) is 0.189. The predicted octanol–water partition coefficient (Wildman–Crippen LogP) is 6.99. The van der Waals surface area contributed by atoms with Gasteiger partial charge in [0, 0.05) is 80.2 Å². The summed E-state index contributed by atoms with van der Waals surface area (Å²) in [5.74, 6) is -1.11. The lowest BCUT2D eigenvalue weighted by Gasteiger charge is -2.44. The van der Waals surface area contributed by atoms with Crippen LogP contribution in [0.5, 0.6) is 11.5 Å². The minimum atomic E-state index is -1.09. The van der Waals surface area contributed by atoms with Crippen molar-refractivity contribution in [3.05, 3.63) is 93.2 Å². The molecule has 1 saturated heterocycles. The van der Waals surface area contributed by atoms with E-state index in [9.17, 15) is 23.6 Å². The summed E-state index contributed by atoms with van der Waals surface area (Å²) in [6.07, 6.45) is 5.49. The predicted molar refractivity (Wildman–Crippen MR) is 198 cm³/mol. The molecule has 3 aromatic carbocycles. The van der Waals surface area contributed by atoms with Gasteiger partial charge in [-0.05, 0) is 68.0 Å². The molecule has 1 heterocycles. The van der Waals surface area contributed by atoms with Crippen molar-refractivity contribution in [3.63, 3.8) is 0 Å². The van der Waals surface area contributed by atoms with Gasteiger partial charge in [0.2, 0.25) is 17.7 Å². The number of hydrogen-bond acceptors (Lipinski definition) is 7. The molecule has 0 radical (unpaired) electrons. The largest absolute Gasteiger partial charge is 0.495 e. The number of anilines is 2. The molecule has 0 aliphatic carbocycles. The Hall–Kier alpha value is -4.91. The maximum atomic E-state index is 13.2. The van der Waals surface area contributed by atoms with Crippen molar-refractivity contribution in [2.45, 2.75) is 46.3 Å². The minimum absolute atomic E-state index is 0.00775. The van der Waals surface area contributed by atoms with Crippen LogP contribution >= 0.6 is 23.2 Å². The van der Waals surface area contributed by atoms with Crippen LogP contribution in [0, 0.1) is 5.82 Å². The summed E-state index contributed by atoms with van der Waals surface area (Å²) in [7, 11) is 2.95. The molecular weight excluding hydrogens is 702 g/mol. The fraction of sp³-hybridized carbons (Fsp3) is 0.297. The number of carboxylic acid groups (broad SMARTS) is 1. The molecule has 3 amide bonds. The van der Waals surface area contributed by atoms with E-state index in [2.05, 4.69) is 22.5 Å². The summed E-state index contributed by atoms with van der Waals surface area (Å²) >= 11 is 12.1. The number of benzene rings is 3. The van der Waals surface area contributed by atoms with Crippen molar-refractivity contribution >= 4 is 70.4 Å². The van der Waals surface area contributed by atoms with Crippen molar-refractivity contribution in [1.82, 2.24) is 9.80 Å².